The molecule has 3 heteroatoms. The first-order valence-electron chi connectivity index (χ1n) is 3.76. The first-order valence-corrected chi connectivity index (χ1v) is 3.76. The third-order valence-corrected chi connectivity index (χ3v) is 1.54. The maximum absolute atomic E-state index is 10.1. The Kier molecular flexibility index (Phi) is 3.09. The molecule has 0 fully saturated rings. The molecular formula is C10H9O3-. The van der Waals surface area contributed by atoms with Gasteiger partial charge in [0.2, 0.25) is 0 Å². The molecule has 0 heterocycles. The number of aliphatic carboxylic acids is 1. The van der Waals surface area contributed by atoms with Crippen LogP contribution in [0.3, 0.4) is 0 Å². The summed E-state index contributed by atoms with van der Waals surface area (Å²) < 4.78 is 5.01. The first-order chi connectivity index (χ1) is 6.24. The number of para-hydroxylation sites is 1. The van der Waals surface area contributed by atoms with Crippen LogP contribution in [-0.2, 0) is 4.79 Å². The van der Waals surface area contributed by atoms with Crippen LogP contribution in [-0.4, -0.2) is 13.1 Å². The van der Waals surface area contributed by atoms with E-state index in [4.69, 9.17) is 4.74 Å². The fourth-order valence-electron chi connectivity index (χ4n) is 0.962. The van der Waals surface area contributed by atoms with Gasteiger partial charge in [-0.05, 0) is 18.2 Å². The monoisotopic (exact) mass is 177 g/mol. The zero-order chi connectivity index (χ0) is 9.68. The van der Waals surface area contributed by atoms with E-state index >= 15 is 0 Å². The van der Waals surface area contributed by atoms with E-state index in [0.29, 0.717) is 11.3 Å². The van der Waals surface area contributed by atoms with Crippen molar-refractivity contribution in [2.45, 2.75) is 0 Å². The highest BCUT2D eigenvalue weighted by Crippen LogP contribution is 2.18. The lowest BCUT2D eigenvalue weighted by Crippen LogP contribution is -2.18. The molecular weight excluding hydrogens is 168 g/mol. The number of carboxylic acid groups (broad SMARTS) is 1. The minimum atomic E-state index is -1.22. The molecule has 3 nitrogen and oxygen atoms in total. The van der Waals surface area contributed by atoms with E-state index in [1.54, 1.807) is 18.2 Å². The van der Waals surface area contributed by atoms with Gasteiger partial charge in [0, 0.05) is 5.56 Å². The lowest BCUT2D eigenvalue weighted by atomic mass is 10.2. The minimum absolute atomic E-state index is 0.639. The standard InChI is InChI=1S/C10H10O3/c1-13-9-5-3-2-4-8(9)6-7-10(11)12/h2-7H,1H3,(H,11,12)/p-1/b7-6+. The van der Waals surface area contributed by atoms with E-state index in [-0.39, 0.29) is 0 Å². The first kappa shape index (κ1) is 9.32. The zero-order valence-corrected chi connectivity index (χ0v) is 7.19. The third kappa shape index (κ3) is 2.63. The summed E-state index contributed by atoms with van der Waals surface area (Å²) in [4.78, 5) is 10.1. The number of carboxylic acids is 1. The minimum Gasteiger partial charge on any atom is -0.545 e. The van der Waals surface area contributed by atoms with Crippen LogP contribution in [0.4, 0.5) is 0 Å². The molecule has 0 bridgehead atoms. The Bertz CT molecular complexity index is 329. The Morgan fingerprint density at radius 1 is 1.46 bits per heavy atom. The summed E-state index contributed by atoms with van der Waals surface area (Å²) in [6.45, 7) is 0. The van der Waals surface area contributed by atoms with Gasteiger partial charge < -0.3 is 14.6 Å². The fraction of sp³-hybridized carbons (Fsp3) is 0.100. The van der Waals surface area contributed by atoms with E-state index in [9.17, 15) is 9.90 Å². The Morgan fingerprint density at radius 2 is 2.15 bits per heavy atom. The van der Waals surface area contributed by atoms with E-state index in [0.717, 1.165) is 6.08 Å². The van der Waals surface area contributed by atoms with Gasteiger partial charge in [-0.2, -0.15) is 0 Å². The number of benzene rings is 1. The van der Waals surface area contributed by atoms with Crippen molar-refractivity contribution >= 4 is 12.0 Å². The van der Waals surface area contributed by atoms with Crippen LogP contribution in [0.5, 0.6) is 5.75 Å². The van der Waals surface area contributed by atoms with Gasteiger partial charge in [-0.15, -0.1) is 0 Å². The second-order valence-corrected chi connectivity index (χ2v) is 2.39. The molecule has 1 rings (SSSR count). The number of hydrogen-bond acceptors (Lipinski definition) is 3. The molecule has 1 aromatic rings. The molecule has 0 aliphatic heterocycles. The Balaban J connectivity index is 2.93. The molecule has 13 heavy (non-hydrogen) atoms. The highest BCUT2D eigenvalue weighted by molar-refractivity contribution is 5.84. The van der Waals surface area contributed by atoms with Crippen LogP contribution in [0.2, 0.25) is 0 Å². The Labute approximate surface area is 76.3 Å². The molecule has 0 aliphatic rings. The van der Waals surface area contributed by atoms with E-state index in [2.05, 4.69) is 0 Å². The van der Waals surface area contributed by atoms with Crippen LogP contribution in [0.25, 0.3) is 6.08 Å². The quantitative estimate of drug-likeness (QED) is 0.630. The highest BCUT2D eigenvalue weighted by atomic mass is 16.5. The predicted molar refractivity (Wildman–Crippen MR) is 47.0 cm³/mol. The van der Waals surface area contributed by atoms with Gasteiger partial charge in [-0.25, -0.2) is 0 Å². The summed E-state index contributed by atoms with van der Waals surface area (Å²) in [5, 5.41) is 10.1. The van der Waals surface area contributed by atoms with E-state index in [1.807, 2.05) is 6.07 Å². The van der Waals surface area contributed by atoms with Gasteiger partial charge in [0.05, 0.1) is 13.1 Å². The fourth-order valence-corrected chi connectivity index (χ4v) is 0.962. The van der Waals surface area contributed by atoms with Gasteiger partial charge in [-0.1, -0.05) is 18.2 Å². The number of carbonyl (C=O) groups is 1. The summed E-state index contributed by atoms with van der Waals surface area (Å²) >= 11 is 0. The van der Waals surface area contributed by atoms with Gasteiger partial charge in [0.15, 0.2) is 0 Å². The molecule has 0 saturated heterocycles. The van der Waals surface area contributed by atoms with Crippen molar-refractivity contribution in [2.75, 3.05) is 7.11 Å². The normalized spacial score (nSPS) is 10.2. The number of ether oxygens (including phenoxy) is 1. The van der Waals surface area contributed by atoms with Crippen molar-refractivity contribution in [1.82, 2.24) is 0 Å². The topological polar surface area (TPSA) is 49.4 Å². The van der Waals surface area contributed by atoms with Crippen molar-refractivity contribution < 1.29 is 14.6 Å². The van der Waals surface area contributed by atoms with Crippen LogP contribution in [0.15, 0.2) is 30.3 Å². The van der Waals surface area contributed by atoms with Crippen LogP contribution < -0.4 is 9.84 Å². The van der Waals surface area contributed by atoms with Crippen molar-refractivity contribution in [2.24, 2.45) is 0 Å². The number of carbonyl (C=O) groups excluding carboxylic acids is 1. The van der Waals surface area contributed by atoms with Crippen molar-refractivity contribution in [3.63, 3.8) is 0 Å². The average Bonchev–Trinajstić information content (AvgIpc) is 2.15. The smallest absolute Gasteiger partial charge is 0.126 e. The van der Waals surface area contributed by atoms with Crippen LogP contribution in [0, 0.1) is 0 Å². The second-order valence-electron chi connectivity index (χ2n) is 2.39. The van der Waals surface area contributed by atoms with Crippen molar-refractivity contribution in [3.05, 3.63) is 35.9 Å². The summed E-state index contributed by atoms with van der Waals surface area (Å²) in [7, 11) is 1.53. The highest BCUT2D eigenvalue weighted by Gasteiger charge is 1.95. The SMILES string of the molecule is COc1ccccc1/C=C/C(=O)[O-]. The molecule has 0 aliphatic carbocycles. The molecule has 1 aromatic carbocycles. The van der Waals surface area contributed by atoms with E-state index in [1.165, 1.54) is 13.2 Å². The molecule has 0 radical (unpaired) electrons. The van der Waals surface area contributed by atoms with Gasteiger partial charge >= 0.3 is 0 Å². The maximum Gasteiger partial charge on any atom is 0.126 e. The molecule has 0 atom stereocenters. The second kappa shape index (κ2) is 4.30. The van der Waals surface area contributed by atoms with E-state index < -0.39 is 5.97 Å². The molecule has 0 aromatic heterocycles. The van der Waals surface area contributed by atoms with Crippen molar-refractivity contribution in [3.8, 4) is 5.75 Å². The molecule has 0 spiro atoms. The molecule has 0 N–H and O–H groups in total. The third-order valence-electron chi connectivity index (χ3n) is 1.54. The molecule has 0 unspecified atom stereocenters. The number of hydrogen-bond donors (Lipinski definition) is 0. The average molecular weight is 177 g/mol. The number of methoxy groups -OCH3 is 1. The number of rotatable bonds is 3. The van der Waals surface area contributed by atoms with Gasteiger partial charge in [0.25, 0.3) is 0 Å². The van der Waals surface area contributed by atoms with Crippen molar-refractivity contribution in [1.29, 1.82) is 0 Å². The lowest BCUT2D eigenvalue weighted by molar-refractivity contribution is -0.297. The summed E-state index contributed by atoms with van der Waals surface area (Å²) in [6, 6.07) is 7.14. The zero-order valence-electron chi connectivity index (χ0n) is 7.19. The predicted octanol–water partition coefficient (Wildman–Crippen LogP) is 0.458. The summed E-state index contributed by atoms with van der Waals surface area (Å²) in [5.41, 5.74) is 0.717. The molecule has 68 valence electrons. The Morgan fingerprint density at radius 3 is 2.77 bits per heavy atom. The Hall–Kier alpha value is -1.77. The summed E-state index contributed by atoms with van der Waals surface area (Å²) in [5.74, 6) is -0.578. The summed E-state index contributed by atoms with van der Waals surface area (Å²) in [6.07, 6.45) is 2.41. The van der Waals surface area contributed by atoms with Crippen LogP contribution >= 0.6 is 0 Å². The molecule has 0 amide bonds. The largest absolute Gasteiger partial charge is 0.545 e. The molecule has 0 saturated carbocycles. The maximum atomic E-state index is 10.1. The lowest BCUT2D eigenvalue weighted by Gasteiger charge is -2.03. The van der Waals surface area contributed by atoms with Gasteiger partial charge in [0.1, 0.15) is 5.75 Å². The van der Waals surface area contributed by atoms with Gasteiger partial charge in [-0.3, -0.25) is 0 Å². The van der Waals surface area contributed by atoms with Crippen LogP contribution in [0.1, 0.15) is 5.56 Å².